The summed E-state index contributed by atoms with van der Waals surface area (Å²) in [5.74, 6) is 1.59. The molecule has 0 aromatic heterocycles. The van der Waals surface area contributed by atoms with Crippen LogP contribution in [0.4, 0.5) is 0 Å². The molecule has 0 amide bonds. The van der Waals surface area contributed by atoms with Crippen LogP contribution in [0.5, 0.6) is 11.5 Å². The maximum atomic E-state index is 6.00. The minimum atomic E-state index is 0.444. The van der Waals surface area contributed by atoms with Gasteiger partial charge in [-0.05, 0) is 55.5 Å². The lowest BCUT2D eigenvalue weighted by molar-refractivity contribution is 0.269. The van der Waals surface area contributed by atoms with Crippen LogP contribution < -0.4 is 14.8 Å². The Balaban J connectivity index is 1.53. The second-order valence-corrected chi connectivity index (χ2v) is 7.29. The molecule has 0 aliphatic heterocycles. The van der Waals surface area contributed by atoms with Gasteiger partial charge in [0.25, 0.3) is 0 Å². The van der Waals surface area contributed by atoms with Crippen molar-refractivity contribution in [2.24, 2.45) is 0 Å². The van der Waals surface area contributed by atoms with Crippen molar-refractivity contribution in [1.82, 2.24) is 5.32 Å². The molecule has 152 valence electrons. The second-order valence-electron chi connectivity index (χ2n) is 7.29. The van der Waals surface area contributed by atoms with Crippen LogP contribution in [0.15, 0.2) is 78.9 Å². The number of nitrogens with one attached hydrogen (secondary N) is 1. The summed E-state index contributed by atoms with van der Waals surface area (Å²) in [6.45, 7) is 6.21. The quantitative estimate of drug-likeness (QED) is 0.451. The third kappa shape index (κ3) is 6.95. The second kappa shape index (κ2) is 11.3. The molecule has 3 aromatic carbocycles. The van der Waals surface area contributed by atoms with Crippen LogP contribution >= 0.6 is 0 Å². The molecule has 0 aliphatic rings. The number of ether oxygens (including phenoxy) is 2. The highest BCUT2D eigenvalue weighted by Gasteiger charge is 2.08. The van der Waals surface area contributed by atoms with E-state index in [2.05, 4.69) is 66.8 Å². The predicted octanol–water partition coefficient (Wildman–Crippen LogP) is 5.78. The standard InChI is InChI=1S/C26H31NO2/c1-3-28-26-18-24(16-17-25(26)29-20-23-12-8-5-9-13-23)19-27-21(2)14-15-22-10-6-4-7-11-22/h4-13,16-18,21,27H,3,14-15,19-20H2,1-2H3/t21-/m1/s1. The Morgan fingerprint density at radius 1 is 0.759 bits per heavy atom. The molecule has 0 saturated heterocycles. The van der Waals surface area contributed by atoms with Gasteiger partial charge in [-0.25, -0.2) is 0 Å². The summed E-state index contributed by atoms with van der Waals surface area (Å²) in [7, 11) is 0. The number of benzene rings is 3. The van der Waals surface area contributed by atoms with Gasteiger partial charge in [-0.3, -0.25) is 0 Å². The first-order valence-electron chi connectivity index (χ1n) is 10.4. The fourth-order valence-electron chi connectivity index (χ4n) is 3.21. The van der Waals surface area contributed by atoms with Crippen LogP contribution in [0.3, 0.4) is 0 Å². The normalized spacial score (nSPS) is 11.8. The minimum absolute atomic E-state index is 0.444. The van der Waals surface area contributed by atoms with Gasteiger partial charge in [-0.2, -0.15) is 0 Å². The van der Waals surface area contributed by atoms with E-state index in [4.69, 9.17) is 9.47 Å². The Hall–Kier alpha value is -2.78. The molecule has 3 aromatic rings. The minimum Gasteiger partial charge on any atom is -0.490 e. The molecule has 0 fully saturated rings. The Labute approximate surface area is 174 Å². The molecule has 3 heteroatoms. The highest BCUT2D eigenvalue weighted by atomic mass is 16.5. The zero-order chi connectivity index (χ0) is 20.3. The summed E-state index contributed by atoms with van der Waals surface area (Å²) in [5.41, 5.74) is 3.74. The van der Waals surface area contributed by atoms with Crippen molar-refractivity contribution in [2.75, 3.05) is 6.61 Å². The highest BCUT2D eigenvalue weighted by Crippen LogP contribution is 2.29. The van der Waals surface area contributed by atoms with E-state index in [9.17, 15) is 0 Å². The summed E-state index contributed by atoms with van der Waals surface area (Å²) in [6, 6.07) is 27.5. The average molecular weight is 390 g/mol. The summed E-state index contributed by atoms with van der Waals surface area (Å²) in [5, 5.41) is 3.62. The average Bonchev–Trinajstić information content (AvgIpc) is 2.77. The van der Waals surface area contributed by atoms with Gasteiger partial charge in [-0.1, -0.05) is 66.7 Å². The van der Waals surface area contributed by atoms with Crippen molar-refractivity contribution < 1.29 is 9.47 Å². The van der Waals surface area contributed by atoms with E-state index in [1.165, 1.54) is 11.1 Å². The van der Waals surface area contributed by atoms with Crippen molar-refractivity contribution in [3.63, 3.8) is 0 Å². The van der Waals surface area contributed by atoms with Gasteiger partial charge in [0.1, 0.15) is 6.61 Å². The summed E-state index contributed by atoms with van der Waals surface area (Å²) >= 11 is 0. The SMILES string of the molecule is CCOc1cc(CN[C@H](C)CCc2ccccc2)ccc1OCc1ccccc1. The maximum absolute atomic E-state index is 6.00. The van der Waals surface area contributed by atoms with Crippen LogP contribution in [0.25, 0.3) is 0 Å². The smallest absolute Gasteiger partial charge is 0.161 e. The first-order valence-corrected chi connectivity index (χ1v) is 10.4. The van der Waals surface area contributed by atoms with Gasteiger partial charge in [-0.15, -0.1) is 0 Å². The zero-order valence-electron chi connectivity index (χ0n) is 17.4. The largest absolute Gasteiger partial charge is 0.490 e. The number of aryl methyl sites for hydroxylation is 1. The number of hydrogen-bond acceptors (Lipinski definition) is 3. The number of hydrogen-bond donors (Lipinski definition) is 1. The topological polar surface area (TPSA) is 30.5 Å². The van der Waals surface area contributed by atoms with Crippen molar-refractivity contribution in [3.05, 3.63) is 95.6 Å². The zero-order valence-corrected chi connectivity index (χ0v) is 17.4. The van der Waals surface area contributed by atoms with Crippen LogP contribution in [0.2, 0.25) is 0 Å². The van der Waals surface area contributed by atoms with Crippen molar-refractivity contribution in [2.45, 2.75) is 45.9 Å². The summed E-state index contributed by atoms with van der Waals surface area (Å²) in [4.78, 5) is 0. The van der Waals surface area contributed by atoms with E-state index in [1.807, 2.05) is 31.2 Å². The predicted molar refractivity (Wildman–Crippen MR) is 119 cm³/mol. The van der Waals surface area contributed by atoms with Gasteiger partial charge < -0.3 is 14.8 Å². The molecular weight excluding hydrogens is 358 g/mol. The Kier molecular flexibility index (Phi) is 8.14. The molecule has 1 N–H and O–H groups in total. The first-order chi connectivity index (χ1) is 14.2. The van der Waals surface area contributed by atoms with Crippen LogP contribution in [-0.4, -0.2) is 12.6 Å². The lowest BCUT2D eigenvalue weighted by Gasteiger charge is -2.16. The molecule has 0 saturated carbocycles. The van der Waals surface area contributed by atoms with Crippen molar-refractivity contribution >= 4 is 0 Å². The molecule has 3 rings (SSSR count). The molecule has 0 heterocycles. The van der Waals surface area contributed by atoms with Crippen LogP contribution in [-0.2, 0) is 19.6 Å². The summed E-state index contributed by atoms with van der Waals surface area (Å²) < 4.78 is 11.8. The van der Waals surface area contributed by atoms with E-state index in [1.54, 1.807) is 0 Å². The number of rotatable bonds is 11. The fourth-order valence-corrected chi connectivity index (χ4v) is 3.21. The van der Waals surface area contributed by atoms with Gasteiger partial charge in [0.05, 0.1) is 6.61 Å². The first kappa shape index (κ1) is 20.9. The molecule has 1 atom stereocenters. The maximum Gasteiger partial charge on any atom is 0.161 e. The molecule has 0 bridgehead atoms. The third-order valence-electron chi connectivity index (χ3n) is 4.91. The van der Waals surface area contributed by atoms with Crippen molar-refractivity contribution in [1.29, 1.82) is 0 Å². The van der Waals surface area contributed by atoms with Gasteiger partial charge >= 0.3 is 0 Å². The molecule has 3 nitrogen and oxygen atoms in total. The third-order valence-corrected chi connectivity index (χ3v) is 4.91. The van der Waals surface area contributed by atoms with Gasteiger partial charge in [0, 0.05) is 12.6 Å². The molecule has 0 unspecified atom stereocenters. The Bertz CT molecular complexity index is 849. The van der Waals surface area contributed by atoms with E-state index in [0.717, 1.165) is 36.4 Å². The van der Waals surface area contributed by atoms with Gasteiger partial charge in [0.2, 0.25) is 0 Å². The Morgan fingerprint density at radius 2 is 1.45 bits per heavy atom. The molecule has 0 aliphatic carbocycles. The van der Waals surface area contributed by atoms with E-state index in [0.29, 0.717) is 19.3 Å². The van der Waals surface area contributed by atoms with E-state index < -0.39 is 0 Å². The Morgan fingerprint density at radius 3 is 2.14 bits per heavy atom. The molecule has 29 heavy (non-hydrogen) atoms. The van der Waals surface area contributed by atoms with Crippen LogP contribution in [0.1, 0.15) is 37.0 Å². The van der Waals surface area contributed by atoms with Crippen molar-refractivity contribution in [3.8, 4) is 11.5 Å². The fraction of sp³-hybridized carbons (Fsp3) is 0.308. The molecule has 0 spiro atoms. The van der Waals surface area contributed by atoms with E-state index in [-0.39, 0.29) is 0 Å². The van der Waals surface area contributed by atoms with Gasteiger partial charge in [0.15, 0.2) is 11.5 Å². The highest BCUT2D eigenvalue weighted by molar-refractivity contribution is 5.43. The molecule has 0 radical (unpaired) electrons. The lowest BCUT2D eigenvalue weighted by Crippen LogP contribution is -2.26. The van der Waals surface area contributed by atoms with E-state index >= 15 is 0 Å². The molecular formula is C26H31NO2. The monoisotopic (exact) mass is 389 g/mol. The summed E-state index contributed by atoms with van der Waals surface area (Å²) in [6.07, 6.45) is 2.20. The lowest BCUT2D eigenvalue weighted by atomic mass is 10.1. The van der Waals surface area contributed by atoms with Crippen LogP contribution in [0, 0.1) is 0 Å².